The first-order valence-corrected chi connectivity index (χ1v) is 8.56. The van der Waals surface area contributed by atoms with Crippen molar-refractivity contribution in [3.8, 4) is 5.75 Å². The second-order valence-electron chi connectivity index (χ2n) is 5.82. The van der Waals surface area contributed by atoms with Crippen LogP contribution in [0, 0.1) is 6.92 Å². The van der Waals surface area contributed by atoms with Gasteiger partial charge in [-0.3, -0.25) is 4.79 Å². The third kappa shape index (κ3) is 4.13. The Hall–Kier alpha value is -1.82. The number of benzene rings is 1. The summed E-state index contributed by atoms with van der Waals surface area (Å²) in [7, 11) is 0. The normalized spacial score (nSPS) is 14.9. The number of amides is 1. The van der Waals surface area contributed by atoms with Crippen molar-refractivity contribution in [3.63, 3.8) is 0 Å². The topological polar surface area (TPSA) is 64.4 Å². The second kappa shape index (κ2) is 7.17. The molecule has 1 aliphatic carbocycles. The molecule has 1 aromatic carbocycles. The Kier molecular flexibility index (Phi) is 5.00. The molecule has 122 valence electrons. The van der Waals surface area contributed by atoms with E-state index in [-0.39, 0.29) is 5.91 Å². The van der Waals surface area contributed by atoms with Crippen LogP contribution >= 0.6 is 15.9 Å². The maximum Gasteiger partial charge on any atom is 0.251 e. The molecule has 1 fully saturated rings. The zero-order chi connectivity index (χ0) is 16.2. The number of hydrogen-bond acceptors (Lipinski definition) is 4. The number of nitrogens with zero attached hydrogens (tertiary/aromatic N) is 1. The van der Waals surface area contributed by atoms with Crippen LogP contribution in [-0.2, 0) is 6.61 Å². The second-order valence-corrected chi connectivity index (χ2v) is 6.67. The first-order valence-electron chi connectivity index (χ1n) is 7.77. The SMILES string of the molecule is Cc1cc(COc2cc(C(=O)NC3CCCC3)ccc2Br)no1. The van der Waals surface area contributed by atoms with Gasteiger partial charge in [0.15, 0.2) is 0 Å². The smallest absolute Gasteiger partial charge is 0.251 e. The van der Waals surface area contributed by atoms with Crippen molar-refractivity contribution in [2.75, 3.05) is 0 Å². The Bertz CT molecular complexity index is 693. The van der Waals surface area contributed by atoms with Gasteiger partial charge in [-0.2, -0.15) is 0 Å². The number of carbonyl (C=O) groups is 1. The maximum absolute atomic E-state index is 12.3. The molecule has 0 aliphatic heterocycles. The summed E-state index contributed by atoms with van der Waals surface area (Å²) in [5, 5.41) is 6.97. The van der Waals surface area contributed by atoms with E-state index in [2.05, 4.69) is 26.4 Å². The van der Waals surface area contributed by atoms with Gasteiger partial charge in [0.05, 0.1) is 4.47 Å². The lowest BCUT2D eigenvalue weighted by Gasteiger charge is -2.13. The van der Waals surface area contributed by atoms with Crippen molar-refractivity contribution in [2.45, 2.75) is 45.3 Å². The van der Waals surface area contributed by atoms with Crippen LogP contribution < -0.4 is 10.1 Å². The van der Waals surface area contributed by atoms with Gasteiger partial charge in [0.2, 0.25) is 0 Å². The summed E-state index contributed by atoms with van der Waals surface area (Å²) in [5.41, 5.74) is 1.32. The molecule has 0 atom stereocenters. The van der Waals surface area contributed by atoms with Crippen molar-refractivity contribution < 1.29 is 14.1 Å². The van der Waals surface area contributed by atoms with E-state index in [4.69, 9.17) is 9.26 Å². The van der Waals surface area contributed by atoms with Crippen LogP contribution in [0.5, 0.6) is 5.75 Å². The van der Waals surface area contributed by atoms with E-state index >= 15 is 0 Å². The minimum Gasteiger partial charge on any atom is -0.486 e. The van der Waals surface area contributed by atoms with Crippen LogP contribution in [0.1, 0.15) is 47.5 Å². The molecule has 0 unspecified atom stereocenters. The summed E-state index contributed by atoms with van der Waals surface area (Å²) in [4.78, 5) is 12.3. The van der Waals surface area contributed by atoms with Crippen molar-refractivity contribution in [1.82, 2.24) is 10.5 Å². The summed E-state index contributed by atoms with van der Waals surface area (Å²) in [5.74, 6) is 1.31. The average Bonchev–Trinajstić information content (AvgIpc) is 3.18. The predicted octanol–water partition coefficient (Wildman–Crippen LogP) is 4.00. The summed E-state index contributed by atoms with van der Waals surface area (Å²) in [6.07, 6.45) is 4.52. The Morgan fingerprint density at radius 3 is 2.87 bits per heavy atom. The van der Waals surface area contributed by atoms with Gasteiger partial charge < -0.3 is 14.6 Å². The predicted molar refractivity (Wildman–Crippen MR) is 89.4 cm³/mol. The van der Waals surface area contributed by atoms with Gasteiger partial charge in [0, 0.05) is 17.7 Å². The zero-order valence-electron chi connectivity index (χ0n) is 13.0. The molecule has 1 aromatic heterocycles. The summed E-state index contributed by atoms with van der Waals surface area (Å²) in [6.45, 7) is 2.13. The third-order valence-electron chi connectivity index (χ3n) is 3.94. The molecule has 0 radical (unpaired) electrons. The highest BCUT2D eigenvalue weighted by Crippen LogP contribution is 2.27. The Balaban J connectivity index is 1.66. The van der Waals surface area contributed by atoms with Gasteiger partial charge in [-0.15, -0.1) is 0 Å². The molecule has 0 bridgehead atoms. The van der Waals surface area contributed by atoms with E-state index in [1.165, 1.54) is 12.8 Å². The first-order chi connectivity index (χ1) is 11.1. The highest BCUT2D eigenvalue weighted by molar-refractivity contribution is 9.10. The minimum absolute atomic E-state index is 0.0495. The van der Waals surface area contributed by atoms with Crippen LogP contribution in [0.4, 0.5) is 0 Å². The van der Waals surface area contributed by atoms with Crippen LogP contribution in [0.25, 0.3) is 0 Å². The number of nitrogens with one attached hydrogen (secondary N) is 1. The average molecular weight is 379 g/mol. The van der Waals surface area contributed by atoms with E-state index in [1.807, 2.05) is 19.1 Å². The molecule has 5 nitrogen and oxygen atoms in total. The fraction of sp³-hybridized carbons (Fsp3) is 0.412. The molecule has 2 aromatic rings. The van der Waals surface area contributed by atoms with Gasteiger partial charge in [0.25, 0.3) is 5.91 Å². The molecular weight excluding hydrogens is 360 g/mol. The van der Waals surface area contributed by atoms with Crippen LogP contribution in [-0.4, -0.2) is 17.1 Å². The quantitative estimate of drug-likeness (QED) is 0.853. The van der Waals surface area contributed by atoms with Crippen LogP contribution in [0.15, 0.2) is 33.3 Å². The molecule has 1 aliphatic rings. The Morgan fingerprint density at radius 1 is 1.39 bits per heavy atom. The molecular formula is C17H19BrN2O3. The highest BCUT2D eigenvalue weighted by Gasteiger charge is 2.18. The minimum atomic E-state index is -0.0495. The van der Waals surface area contributed by atoms with Gasteiger partial charge in [-0.1, -0.05) is 18.0 Å². The van der Waals surface area contributed by atoms with Crippen molar-refractivity contribution in [2.24, 2.45) is 0 Å². The monoisotopic (exact) mass is 378 g/mol. The number of rotatable bonds is 5. The molecule has 0 spiro atoms. The van der Waals surface area contributed by atoms with E-state index in [1.54, 1.807) is 12.1 Å². The van der Waals surface area contributed by atoms with Crippen molar-refractivity contribution in [3.05, 3.63) is 45.8 Å². The van der Waals surface area contributed by atoms with E-state index < -0.39 is 0 Å². The Morgan fingerprint density at radius 2 is 2.17 bits per heavy atom. The molecule has 23 heavy (non-hydrogen) atoms. The standard InChI is InChI=1S/C17H19BrN2O3/c1-11-8-14(20-23-11)10-22-16-9-12(6-7-15(16)18)17(21)19-13-4-2-3-5-13/h6-9,13H,2-5,10H2,1H3,(H,19,21). The number of aromatic nitrogens is 1. The number of ether oxygens (including phenoxy) is 1. The van der Waals surface area contributed by atoms with Crippen LogP contribution in [0.3, 0.4) is 0 Å². The van der Waals surface area contributed by atoms with Gasteiger partial charge >= 0.3 is 0 Å². The van der Waals surface area contributed by atoms with E-state index in [9.17, 15) is 4.79 Å². The molecule has 1 amide bonds. The lowest BCUT2D eigenvalue weighted by Crippen LogP contribution is -2.32. The first kappa shape index (κ1) is 16.1. The summed E-state index contributed by atoms with van der Waals surface area (Å²) < 4.78 is 11.6. The lowest BCUT2D eigenvalue weighted by molar-refractivity contribution is 0.0937. The van der Waals surface area contributed by atoms with Crippen molar-refractivity contribution in [1.29, 1.82) is 0 Å². The number of halogens is 1. The van der Waals surface area contributed by atoms with Gasteiger partial charge in [0.1, 0.15) is 23.8 Å². The van der Waals surface area contributed by atoms with Crippen LogP contribution in [0.2, 0.25) is 0 Å². The number of aryl methyl sites for hydroxylation is 1. The fourth-order valence-corrected chi connectivity index (χ4v) is 3.09. The molecule has 1 saturated carbocycles. The van der Waals surface area contributed by atoms with Gasteiger partial charge in [-0.25, -0.2) is 0 Å². The largest absolute Gasteiger partial charge is 0.486 e. The van der Waals surface area contributed by atoms with Gasteiger partial charge in [-0.05, 0) is 53.9 Å². The fourth-order valence-electron chi connectivity index (χ4n) is 2.73. The van der Waals surface area contributed by atoms with E-state index in [0.717, 1.165) is 28.8 Å². The number of carbonyl (C=O) groups excluding carboxylic acids is 1. The summed E-state index contributed by atoms with van der Waals surface area (Å²) >= 11 is 3.45. The Labute approximate surface area is 143 Å². The molecule has 0 saturated heterocycles. The third-order valence-corrected chi connectivity index (χ3v) is 4.59. The zero-order valence-corrected chi connectivity index (χ0v) is 14.6. The summed E-state index contributed by atoms with van der Waals surface area (Å²) in [6, 6.07) is 7.49. The molecule has 1 heterocycles. The van der Waals surface area contributed by atoms with Crippen molar-refractivity contribution >= 4 is 21.8 Å². The molecule has 3 rings (SSSR count). The molecule has 1 N–H and O–H groups in total. The lowest BCUT2D eigenvalue weighted by atomic mass is 10.1. The highest BCUT2D eigenvalue weighted by atomic mass is 79.9. The molecule has 6 heteroatoms. The maximum atomic E-state index is 12.3. The van der Waals surface area contributed by atoms with E-state index in [0.29, 0.717) is 24.0 Å². The number of hydrogen-bond donors (Lipinski definition) is 1.